The maximum absolute atomic E-state index is 8.04. The minimum Gasteiger partial charge on any atom is -0.198 e. The van der Waals surface area contributed by atoms with Crippen LogP contribution in [0.25, 0.3) is 0 Å². The molecule has 0 saturated heterocycles. The Hall–Kier alpha value is -0.550. The summed E-state index contributed by atoms with van der Waals surface area (Å²) in [6, 6.07) is 2.10. The zero-order chi connectivity index (χ0) is 12.4. The van der Waals surface area contributed by atoms with E-state index in [9.17, 15) is 0 Å². The van der Waals surface area contributed by atoms with Crippen molar-refractivity contribution in [3.8, 4) is 6.07 Å². The molecule has 2 atom stereocenters. The summed E-state index contributed by atoms with van der Waals surface area (Å²) in [5, 5.41) is 8.04. The maximum atomic E-state index is 8.04. The first-order valence-electron chi connectivity index (χ1n) is 5.96. The fourth-order valence-corrected chi connectivity index (χ4v) is 1.57. The van der Waals surface area contributed by atoms with Crippen LogP contribution in [0.2, 0.25) is 0 Å². The molecule has 0 aromatic heterocycles. The van der Waals surface area contributed by atoms with E-state index < -0.39 is 0 Å². The highest BCUT2D eigenvalue weighted by Crippen LogP contribution is 2.31. The summed E-state index contributed by atoms with van der Waals surface area (Å²) in [6.07, 6.45) is 12.8. The Kier molecular flexibility index (Phi) is 8.29. The topological polar surface area (TPSA) is 23.8 Å². The summed E-state index contributed by atoms with van der Waals surface area (Å²) < 4.78 is 0.182. The maximum Gasteiger partial charge on any atom is 0.0621 e. The van der Waals surface area contributed by atoms with Gasteiger partial charge in [0.15, 0.2) is 0 Å². The highest BCUT2D eigenvalue weighted by Gasteiger charge is 2.23. The van der Waals surface area contributed by atoms with Gasteiger partial charge in [-0.2, -0.15) is 5.26 Å². The largest absolute Gasteiger partial charge is 0.198 e. The number of nitrogens with zero attached hydrogens (tertiary/aromatic N) is 1. The van der Waals surface area contributed by atoms with E-state index in [1.165, 1.54) is 12.8 Å². The van der Waals surface area contributed by atoms with Gasteiger partial charge in [-0.05, 0) is 19.3 Å². The van der Waals surface area contributed by atoms with Gasteiger partial charge in [-0.3, -0.25) is 0 Å². The molecular formula is C14H22BrN. The molecule has 0 aromatic rings. The lowest BCUT2D eigenvalue weighted by atomic mass is 9.92. The van der Waals surface area contributed by atoms with Gasteiger partial charge in [0.05, 0.1) is 6.07 Å². The second kappa shape index (κ2) is 8.58. The number of halogens is 1. The van der Waals surface area contributed by atoms with Crippen LogP contribution in [0.5, 0.6) is 0 Å². The Morgan fingerprint density at radius 2 is 2.06 bits per heavy atom. The van der Waals surface area contributed by atoms with Gasteiger partial charge in [0.25, 0.3) is 0 Å². The highest BCUT2D eigenvalue weighted by atomic mass is 79.9. The summed E-state index contributed by atoms with van der Waals surface area (Å²) in [7, 11) is 0. The van der Waals surface area contributed by atoms with Crippen molar-refractivity contribution in [2.45, 2.75) is 50.8 Å². The molecule has 90 valence electrons. The van der Waals surface area contributed by atoms with Crippen LogP contribution in [0, 0.1) is 17.2 Å². The number of hydrogen-bond donors (Lipinski definition) is 0. The van der Waals surface area contributed by atoms with Gasteiger partial charge >= 0.3 is 0 Å². The van der Waals surface area contributed by atoms with E-state index in [4.69, 9.17) is 5.26 Å². The third-order valence-electron chi connectivity index (χ3n) is 2.72. The van der Waals surface area contributed by atoms with E-state index in [1.807, 2.05) is 0 Å². The number of allylic oxidation sites excluding steroid dienone is 4. The number of rotatable bonds is 3. The molecule has 1 rings (SSSR count). The number of unbranched alkanes of at least 4 members (excludes halogenated alkanes) is 3. The van der Waals surface area contributed by atoms with Gasteiger partial charge in [0, 0.05) is 10.7 Å². The first kappa shape index (κ1) is 15.4. The molecule has 1 aliphatic carbocycles. The number of nitriles is 1. The summed E-state index contributed by atoms with van der Waals surface area (Å²) in [6.45, 7) is 6.52. The predicted octanol–water partition coefficient (Wildman–Crippen LogP) is 4.99. The second-order valence-corrected chi connectivity index (χ2v) is 6.01. The molecule has 0 aliphatic heterocycles. The summed E-state index contributed by atoms with van der Waals surface area (Å²) >= 11 is 3.62. The Balaban J connectivity index is 0.000000293. The lowest BCUT2D eigenvalue weighted by Crippen LogP contribution is -2.22. The van der Waals surface area contributed by atoms with Crippen LogP contribution in [0.3, 0.4) is 0 Å². The van der Waals surface area contributed by atoms with Gasteiger partial charge in [0.1, 0.15) is 0 Å². The van der Waals surface area contributed by atoms with Crippen molar-refractivity contribution < 1.29 is 0 Å². The third-order valence-corrected chi connectivity index (χ3v) is 3.70. The minimum atomic E-state index is 0.182. The van der Waals surface area contributed by atoms with E-state index >= 15 is 0 Å². The average Bonchev–Trinajstić information content (AvgIpc) is 2.24. The molecule has 0 saturated carbocycles. The molecule has 0 bridgehead atoms. The van der Waals surface area contributed by atoms with Crippen LogP contribution in [-0.4, -0.2) is 4.32 Å². The molecule has 0 N–H and O–H groups in total. The first-order valence-corrected chi connectivity index (χ1v) is 6.75. The first-order chi connectivity index (χ1) is 7.54. The lowest BCUT2D eigenvalue weighted by molar-refractivity contribution is 0.612. The molecule has 0 amide bonds. The number of hydrogen-bond acceptors (Lipinski definition) is 1. The van der Waals surface area contributed by atoms with Crippen LogP contribution in [0.4, 0.5) is 0 Å². The second-order valence-electron chi connectivity index (χ2n) is 4.30. The van der Waals surface area contributed by atoms with Crippen molar-refractivity contribution >= 4 is 15.9 Å². The van der Waals surface area contributed by atoms with Crippen molar-refractivity contribution in [1.82, 2.24) is 0 Å². The Morgan fingerprint density at radius 3 is 2.44 bits per heavy atom. The van der Waals surface area contributed by atoms with Crippen molar-refractivity contribution in [2.24, 2.45) is 5.92 Å². The van der Waals surface area contributed by atoms with Crippen LogP contribution >= 0.6 is 15.9 Å². The monoisotopic (exact) mass is 283 g/mol. The minimum absolute atomic E-state index is 0.182. The summed E-state index contributed by atoms with van der Waals surface area (Å²) in [5.74, 6) is 0.600. The van der Waals surface area contributed by atoms with Crippen LogP contribution in [0.1, 0.15) is 46.5 Å². The molecule has 16 heavy (non-hydrogen) atoms. The van der Waals surface area contributed by atoms with E-state index in [2.05, 4.69) is 67.1 Å². The third kappa shape index (κ3) is 6.85. The van der Waals surface area contributed by atoms with Crippen LogP contribution in [-0.2, 0) is 0 Å². The smallest absolute Gasteiger partial charge is 0.0621 e. The zero-order valence-electron chi connectivity index (χ0n) is 10.5. The molecule has 0 spiro atoms. The van der Waals surface area contributed by atoms with Gasteiger partial charge < -0.3 is 0 Å². The molecule has 1 nitrogen and oxygen atoms in total. The predicted molar refractivity (Wildman–Crippen MR) is 74.5 cm³/mol. The van der Waals surface area contributed by atoms with E-state index in [-0.39, 0.29) is 4.32 Å². The lowest BCUT2D eigenvalue weighted by Gasteiger charge is -2.25. The molecule has 2 heteroatoms. The molecular weight excluding hydrogens is 262 g/mol. The number of alkyl halides is 1. The fraction of sp³-hybridized carbons (Fsp3) is 0.643. The van der Waals surface area contributed by atoms with Crippen molar-refractivity contribution in [2.75, 3.05) is 0 Å². The van der Waals surface area contributed by atoms with E-state index in [1.54, 1.807) is 0 Å². The SMILES string of the molecule is CC1C=CC=CC1(C)Br.CCCCCC#N. The molecule has 1 aliphatic rings. The van der Waals surface area contributed by atoms with E-state index in [0.717, 1.165) is 12.8 Å². The van der Waals surface area contributed by atoms with Crippen molar-refractivity contribution in [1.29, 1.82) is 5.26 Å². The van der Waals surface area contributed by atoms with Crippen molar-refractivity contribution in [3.05, 3.63) is 24.3 Å². The normalized spacial score (nSPS) is 26.8. The average molecular weight is 284 g/mol. The standard InChI is InChI=1S/C8H11Br.C6H11N/c1-7-5-3-4-6-8(7,2)9;1-2-3-4-5-6-7/h3-7H,1-2H3;2-5H2,1H3. The Morgan fingerprint density at radius 1 is 1.38 bits per heavy atom. The molecule has 0 aromatic carbocycles. The van der Waals surface area contributed by atoms with Gasteiger partial charge in [-0.1, -0.05) is 66.9 Å². The Labute approximate surface area is 108 Å². The zero-order valence-corrected chi connectivity index (χ0v) is 12.1. The van der Waals surface area contributed by atoms with Crippen molar-refractivity contribution in [3.63, 3.8) is 0 Å². The van der Waals surface area contributed by atoms with Crippen LogP contribution in [0.15, 0.2) is 24.3 Å². The van der Waals surface area contributed by atoms with E-state index in [0.29, 0.717) is 5.92 Å². The van der Waals surface area contributed by atoms with Gasteiger partial charge in [-0.25, -0.2) is 0 Å². The molecule has 0 radical (unpaired) electrons. The summed E-state index contributed by atoms with van der Waals surface area (Å²) in [4.78, 5) is 0. The molecule has 2 unspecified atom stereocenters. The summed E-state index contributed by atoms with van der Waals surface area (Å²) in [5.41, 5.74) is 0. The Bertz CT molecular complexity index is 271. The van der Waals surface area contributed by atoms with Crippen LogP contribution < -0.4 is 0 Å². The molecule has 0 fully saturated rings. The fourth-order valence-electron chi connectivity index (χ4n) is 1.27. The van der Waals surface area contributed by atoms with Gasteiger partial charge in [-0.15, -0.1) is 0 Å². The molecule has 0 heterocycles. The highest BCUT2D eigenvalue weighted by molar-refractivity contribution is 9.10. The van der Waals surface area contributed by atoms with Gasteiger partial charge in [0.2, 0.25) is 0 Å². The quantitative estimate of drug-likeness (QED) is 0.529.